The standard InChI is InChI=1S/C34H61O10P/c1-3-5-7-8-9-10-11-12-13-14-15-16-17-18-19-20-21-22-24-26-34(38)44-32(28-36)30-42-45(39,40)41-29-31(27-35)43-33(37)25-23-6-4-2/h9-10,12-13,15-16,31-32,35-36H,3-8,11,14,17-30H2,1-2H3,(H,39,40)/b10-9-,13-12-,16-15-. The minimum Gasteiger partial charge on any atom is -0.457 e. The van der Waals surface area contributed by atoms with E-state index < -0.39 is 58.4 Å². The molecule has 3 atom stereocenters. The molecule has 0 aromatic carbocycles. The van der Waals surface area contributed by atoms with Gasteiger partial charge in [-0.2, -0.15) is 0 Å². The van der Waals surface area contributed by atoms with Gasteiger partial charge in [-0.1, -0.05) is 102 Å². The van der Waals surface area contributed by atoms with Crippen molar-refractivity contribution in [1.29, 1.82) is 0 Å². The van der Waals surface area contributed by atoms with Gasteiger partial charge in [0.05, 0.1) is 26.4 Å². The van der Waals surface area contributed by atoms with Crippen molar-refractivity contribution in [3.8, 4) is 0 Å². The molecule has 0 radical (unpaired) electrons. The molecule has 0 aliphatic carbocycles. The number of rotatable bonds is 31. The molecule has 0 rings (SSSR count). The minimum absolute atomic E-state index is 0.176. The molecule has 45 heavy (non-hydrogen) atoms. The molecular formula is C34H61O10P. The van der Waals surface area contributed by atoms with E-state index in [9.17, 15) is 29.3 Å². The van der Waals surface area contributed by atoms with E-state index in [4.69, 9.17) is 18.5 Å². The third-order valence-electron chi connectivity index (χ3n) is 6.86. The van der Waals surface area contributed by atoms with E-state index in [-0.39, 0.29) is 12.8 Å². The molecule has 262 valence electrons. The Labute approximate surface area is 271 Å². The van der Waals surface area contributed by atoms with E-state index in [2.05, 4.69) is 43.4 Å². The van der Waals surface area contributed by atoms with Crippen molar-refractivity contribution < 1.29 is 47.8 Å². The normalized spacial score (nSPS) is 14.7. The topological polar surface area (TPSA) is 149 Å². The van der Waals surface area contributed by atoms with Crippen LogP contribution in [-0.2, 0) is 32.7 Å². The fourth-order valence-electron chi connectivity index (χ4n) is 4.18. The summed E-state index contributed by atoms with van der Waals surface area (Å²) in [5, 5.41) is 18.8. The van der Waals surface area contributed by atoms with Crippen LogP contribution in [0.25, 0.3) is 0 Å². The lowest BCUT2D eigenvalue weighted by Gasteiger charge is -2.20. The number of aliphatic hydroxyl groups excluding tert-OH is 2. The number of carbonyl (C=O) groups excluding carboxylic acids is 2. The maximum absolute atomic E-state index is 12.2. The average molecular weight is 661 g/mol. The molecular weight excluding hydrogens is 599 g/mol. The summed E-state index contributed by atoms with van der Waals surface area (Å²) in [4.78, 5) is 33.8. The summed E-state index contributed by atoms with van der Waals surface area (Å²) in [5.41, 5.74) is 0. The van der Waals surface area contributed by atoms with E-state index in [0.29, 0.717) is 12.8 Å². The predicted molar refractivity (Wildman–Crippen MR) is 178 cm³/mol. The van der Waals surface area contributed by atoms with E-state index >= 15 is 0 Å². The first-order valence-electron chi connectivity index (χ1n) is 16.9. The second-order valence-corrected chi connectivity index (χ2v) is 12.6. The summed E-state index contributed by atoms with van der Waals surface area (Å²) in [6, 6.07) is 0. The Bertz CT molecular complexity index is 858. The van der Waals surface area contributed by atoms with Crippen molar-refractivity contribution in [2.75, 3.05) is 26.4 Å². The first-order valence-corrected chi connectivity index (χ1v) is 18.4. The summed E-state index contributed by atoms with van der Waals surface area (Å²) in [6.07, 6.45) is 28.0. The highest BCUT2D eigenvalue weighted by Crippen LogP contribution is 2.43. The number of esters is 2. The van der Waals surface area contributed by atoms with Gasteiger partial charge in [0.25, 0.3) is 0 Å². The largest absolute Gasteiger partial charge is 0.472 e. The van der Waals surface area contributed by atoms with Crippen molar-refractivity contribution in [3.05, 3.63) is 36.5 Å². The Balaban J connectivity index is 3.93. The highest BCUT2D eigenvalue weighted by atomic mass is 31.2. The Morgan fingerprint density at radius 1 is 0.600 bits per heavy atom. The molecule has 3 unspecified atom stereocenters. The maximum atomic E-state index is 12.2. The molecule has 0 spiro atoms. The van der Waals surface area contributed by atoms with Crippen LogP contribution in [0.2, 0.25) is 0 Å². The zero-order valence-electron chi connectivity index (χ0n) is 27.8. The van der Waals surface area contributed by atoms with Gasteiger partial charge in [-0.15, -0.1) is 0 Å². The van der Waals surface area contributed by atoms with Crippen LogP contribution in [0, 0.1) is 0 Å². The summed E-state index contributed by atoms with van der Waals surface area (Å²) >= 11 is 0. The fraction of sp³-hybridized carbons (Fsp3) is 0.765. The van der Waals surface area contributed by atoms with E-state index in [0.717, 1.165) is 64.2 Å². The van der Waals surface area contributed by atoms with Crippen LogP contribution in [0.15, 0.2) is 36.5 Å². The van der Waals surface area contributed by atoms with Gasteiger partial charge >= 0.3 is 19.8 Å². The first kappa shape index (κ1) is 43.2. The Morgan fingerprint density at radius 3 is 1.44 bits per heavy atom. The third kappa shape index (κ3) is 29.3. The molecule has 0 saturated heterocycles. The monoisotopic (exact) mass is 660 g/mol. The van der Waals surface area contributed by atoms with Gasteiger partial charge in [0.15, 0.2) is 0 Å². The van der Waals surface area contributed by atoms with Crippen LogP contribution in [0.4, 0.5) is 0 Å². The van der Waals surface area contributed by atoms with Gasteiger partial charge in [0, 0.05) is 12.8 Å². The number of allylic oxidation sites excluding steroid dienone is 6. The first-order chi connectivity index (χ1) is 21.8. The molecule has 11 heteroatoms. The number of phosphoric ester groups is 1. The molecule has 0 heterocycles. The quantitative estimate of drug-likeness (QED) is 0.0293. The maximum Gasteiger partial charge on any atom is 0.472 e. The van der Waals surface area contributed by atoms with Crippen LogP contribution in [0.3, 0.4) is 0 Å². The van der Waals surface area contributed by atoms with Crippen molar-refractivity contribution in [1.82, 2.24) is 0 Å². The predicted octanol–water partition coefficient (Wildman–Crippen LogP) is 7.66. The van der Waals surface area contributed by atoms with Gasteiger partial charge in [-0.25, -0.2) is 4.57 Å². The van der Waals surface area contributed by atoms with Crippen molar-refractivity contribution in [2.45, 2.75) is 142 Å². The Hall–Kier alpha value is -1.81. The lowest BCUT2D eigenvalue weighted by atomic mass is 10.1. The lowest BCUT2D eigenvalue weighted by Crippen LogP contribution is -2.28. The van der Waals surface area contributed by atoms with E-state index in [1.54, 1.807) is 0 Å². The molecule has 10 nitrogen and oxygen atoms in total. The Morgan fingerprint density at radius 2 is 0.978 bits per heavy atom. The van der Waals surface area contributed by atoms with Gasteiger partial charge < -0.3 is 24.6 Å². The van der Waals surface area contributed by atoms with Crippen LogP contribution in [-0.4, -0.2) is 65.7 Å². The number of carbonyl (C=O) groups is 2. The number of phosphoric acid groups is 1. The van der Waals surface area contributed by atoms with Gasteiger partial charge in [0.2, 0.25) is 0 Å². The number of unbranched alkanes of at least 4 members (excludes halogenated alkanes) is 11. The summed E-state index contributed by atoms with van der Waals surface area (Å²) in [5.74, 6) is -1.06. The molecule has 0 aromatic rings. The molecule has 0 fully saturated rings. The molecule has 0 aliphatic heterocycles. The summed E-state index contributed by atoms with van der Waals surface area (Å²) in [7, 11) is -4.61. The minimum atomic E-state index is -4.61. The molecule has 0 aromatic heterocycles. The van der Waals surface area contributed by atoms with Gasteiger partial charge in [-0.3, -0.25) is 18.6 Å². The van der Waals surface area contributed by atoms with Crippen molar-refractivity contribution in [2.24, 2.45) is 0 Å². The average Bonchev–Trinajstić information content (AvgIpc) is 3.02. The SMILES string of the molecule is CCCCC/C=C\C/C=C\C/C=C\CCCCCCCCC(=O)OC(CO)COP(=O)(O)OCC(CO)OC(=O)CCCCC. The van der Waals surface area contributed by atoms with Crippen molar-refractivity contribution >= 4 is 19.8 Å². The van der Waals surface area contributed by atoms with Crippen LogP contribution >= 0.6 is 7.82 Å². The second-order valence-electron chi connectivity index (χ2n) is 11.1. The van der Waals surface area contributed by atoms with Crippen molar-refractivity contribution in [3.63, 3.8) is 0 Å². The zero-order valence-corrected chi connectivity index (χ0v) is 28.7. The number of hydrogen-bond acceptors (Lipinski definition) is 9. The van der Waals surface area contributed by atoms with Crippen LogP contribution < -0.4 is 0 Å². The van der Waals surface area contributed by atoms with E-state index in [1.165, 1.54) is 25.7 Å². The van der Waals surface area contributed by atoms with Gasteiger partial charge in [-0.05, 0) is 51.4 Å². The lowest BCUT2D eigenvalue weighted by molar-refractivity contribution is -0.153. The van der Waals surface area contributed by atoms with Gasteiger partial charge in [0.1, 0.15) is 12.2 Å². The number of hydrogen-bond donors (Lipinski definition) is 3. The number of ether oxygens (including phenoxy) is 2. The smallest absolute Gasteiger partial charge is 0.457 e. The third-order valence-corrected chi connectivity index (χ3v) is 7.81. The fourth-order valence-corrected chi connectivity index (χ4v) is 4.96. The van der Waals surface area contributed by atoms with E-state index in [1.807, 2.05) is 6.92 Å². The highest BCUT2D eigenvalue weighted by Gasteiger charge is 2.27. The number of aliphatic hydroxyl groups is 2. The molecule has 0 aliphatic rings. The van der Waals surface area contributed by atoms with Crippen LogP contribution in [0.1, 0.15) is 129 Å². The Kier molecular flexibility index (Phi) is 29.6. The summed E-state index contributed by atoms with van der Waals surface area (Å²) in [6.45, 7) is 1.92. The highest BCUT2D eigenvalue weighted by molar-refractivity contribution is 7.47. The molecule has 0 saturated carbocycles. The van der Waals surface area contributed by atoms with Crippen LogP contribution in [0.5, 0.6) is 0 Å². The molecule has 3 N–H and O–H groups in total. The molecule has 0 bridgehead atoms. The molecule has 0 amide bonds. The summed E-state index contributed by atoms with van der Waals surface area (Å²) < 4.78 is 32.0. The zero-order chi connectivity index (χ0) is 33.4. The second kappa shape index (κ2) is 30.8.